The van der Waals surface area contributed by atoms with E-state index in [1.54, 1.807) is 4.90 Å². The van der Waals surface area contributed by atoms with E-state index in [0.29, 0.717) is 19.7 Å². The van der Waals surface area contributed by atoms with Crippen LogP contribution in [0.3, 0.4) is 0 Å². The monoisotopic (exact) mass is 293 g/mol. The summed E-state index contributed by atoms with van der Waals surface area (Å²) >= 11 is 0. The van der Waals surface area contributed by atoms with Gasteiger partial charge in [0.1, 0.15) is 6.61 Å². The highest BCUT2D eigenvalue weighted by atomic mass is 16.6. The fourth-order valence-electron chi connectivity index (χ4n) is 2.15. The number of allylic oxidation sites excluding steroid dienone is 2. The van der Waals surface area contributed by atoms with Gasteiger partial charge < -0.3 is 14.5 Å². The van der Waals surface area contributed by atoms with Crippen molar-refractivity contribution in [3.8, 4) is 0 Å². The van der Waals surface area contributed by atoms with Crippen molar-refractivity contribution in [1.82, 2.24) is 9.80 Å². The van der Waals surface area contributed by atoms with Crippen LogP contribution in [-0.4, -0.2) is 61.9 Å². The third-order valence-electron chi connectivity index (χ3n) is 3.27. The zero-order valence-corrected chi connectivity index (χ0v) is 13.7. The number of amides is 1. The van der Waals surface area contributed by atoms with Crippen molar-refractivity contribution < 1.29 is 9.53 Å². The molecule has 0 aromatic heterocycles. The fourth-order valence-corrected chi connectivity index (χ4v) is 2.15. The van der Waals surface area contributed by atoms with Gasteiger partial charge in [-0.1, -0.05) is 12.7 Å². The van der Waals surface area contributed by atoms with Gasteiger partial charge in [0, 0.05) is 24.5 Å². The molecule has 0 unspecified atom stereocenters. The maximum Gasteiger partial charge on any atom is 0.410 e. The van der Waals surface area contributed by atoms with Gasteiger partial charge in [0.2, 0.25) is 0 Å². The number of rotatable bonds is 4. The minimum Gasteiger partial charge on any atom is -0.448 e. The predicted octanol–water partition coefficient (Wildman–Crippen LogP) is 2.70. The summed E-state index contributed by atoms with van der Waals surface area (Å²) in [5, 5.41) is 0. The lowest BCUT2D eigenvalue weighted by Crippen LogP contribution is -2.34. The number of likely N-dealkylation sites (N-methyl/N-ethyl adjacent to an activating group) is 1. The molecule has 1 amide bonds. The van der Waals surface area contributed by atoms with E-state index in [1.807, 2.05) is 38.9 Å². The first-order chi connectivity index (χ1) is 9.93. The highest BCUT2D eigenvalue weighted by molar-refractivity contribution is 6.01. The van der Waals surface area contributed by atoms with Gasteiger partial charge in [0.15, 0.2) is 0 Å². The molecule has 0 bridgehead atoms. The van der Waals surface area contributed by atoms with Crippen LogP contribution in [0.4, 0.5) is 4.79 Å². The first-order valence-electron chi connectivity index (χ1n) is 7.39. The Hall–Kier alpha value is -1.62. The van der Waals surface area contributed by atoms with Gasteiger partial charge in [0.25, 0.3) is 0 Å². The molecule has 1 aliphatic heterocycles. The van der Waals surface area contributed by atoms with Crippen LogP contribution in [0, 0.1) is 0 Å². The number of carbonyl (C=O) groups is 1. The van der Waals surface area contributed by atoms with E-state index in [2.05, 4.69) is 11.6 Å². The maximum atomic E-state index is 12.1. The lowest BCUT2D eigenvalue weighted by atomic mass is 10.1. The normalized spacial score (nSPS) is 20.0. The fraction of sp³-hybridized carbons (Fsp3) is 0.625. The highest BCUT2D eigenvalue weighted by Crippen LogP contribution is 2.16. The van der Waals surface area contributed by atoms with Crippen LogP contribution in [0.15, 0.2) is 28.9 Å². The second-order valence-corrected chi connectivity index (χ2v) is 5.55. The molecule has 0 aromatic rings. The van der Waals surface area contributed by atoms with Gasteiger partial charge >= 0.3 is 6.09 Å². The summed E-state index contributed by atoms with van der Waals surface area (Å²) < 4.78 is 5.32. The molecular formula is C16H27N3O2. The number of hydrogen-bond acceptors (Lipinski definition) is 4. The minimum absolute atomic E-state index is 0.243. The molecule has 5 nitrogen and oxygen atoms in total. The Morgan fingerprint density at radius 3 is 2.81 bits per heavy atom. The summed E-state index contributed by atoms with van der Waals surface area (Å²) in [5.41, 5.74) is 2.92. The van der Waals surface area contributed by atoms with Crippen molar-refractivity contribution in [2.75, 3.05) is 40.3 Å². The Morgan fingerprint density at radius 2 is 2.24 bits per heavy atom. The standard InChI is InChI=1S/C16H27N3O2/c1-6-14-12-19(16(20)21-11-10-18(4)5)9-7-8-15(14)17-13(2)3/h6H,2,7-12H2,1,3-5H3/b14-6-,17-15?. The smallest absolute Gasteiger partial charge is 0.410 e. The zero-order chi connectivity index (χ0) is 15.8. The van der Waals surface area contributed by atoms with Gasteiger partial charge in [0.05, 0.1) is 6.54 Å². The zero-order valence-electron chi connectivity index (χ0n) is 13.7. The van der Waals surface area contributed by atoms with Gasteiger partial charge in [-0.2, -0.15) is 0 Å². The molecule has 0 atom stereocenters. The first-order valence-corrected chi connectivity index (χ1v) is 7.39. The third-order valence-corrected chi connectivity index (χ3v) is 3.27. The second-order valence-electron chi connectivity index (χ2n) is 5.55. The Bertz CT molecular complexity index is 439. The van der Waals surface area contributed by atoms with Crippen LogP contribution in [0.25, 0.3) is 0 Å². The molecule has 0 aliphatic carbocycles. The molecule has 1 heterocycles. The van der Waals surface area contributed by atoms with Gasteiger partial charge in [-0.05, 0) is 46.4 Å². The van der Waals surface area contributed by atoms with Crippen LogP contribution >= 0.6 is 0 Å². The Labute approximate surface area is 128 Å². The van der Waals surface area contributed by atoms with Crippen LogP contribution in [-0.2, 0) is 4.74 Å². The van der Waals surface area contributed by atoms with E-state index in [9.17, 15) is 4.79 Å². The van der Waals surface area contributed by atoms with Crippen LogP contribution in [0.2, 0.25) is 0 Å². The molecule has 0 N–H and O–H groups in total. The molecule has 1 saturated heterocycles. The van der Waals surface area contributed by atoms with Crippen molar-refractivity contribution in [2.45, 2.75) is 26.7 Å². The molecule has 118 valence electrons. The summed E-state index contributed by atoms with van der Waals surface area (Å²) in [7, 11) is 3.91. The van der Waals surface area contributed by atoms with E-state index in [-0.39, 0.29) is 6.09 Å². The minimum atomic E-state index is -0.243. The van der Waals surface area contributed by atoms with E-state index in [0.717, 1.165) is 36.4 Å². The van der Waals surface area contributed by atoms with E-state index >= 15 is 0 Å². The third kappa shape index (κ3) is 6.12. The molecule has 0 spiro atoms. The van der Waals surface area contributed by atoms with Crippen LogP contribution in [0.5, 0.6) is 0 Å². The molecule has 0 radical (unpaired) electrons. The Balaban J connectivity index is 2.66. The van der Waals surface area contributed by atoms with Crippen molar-refractivity contribution in [3.63, 3.8) is 0 Å². The van der Waals surface area contributed by atoms with Gasteiger partial charge in [-0.15, -0.1) is 0 Å². The number of likely N-dealkylation sites (tertiary alicyclic amines) is 1. The molecular weight excluding hydrogens is 266 g/mol. The highest BCUT2D eigenvalue weighted by Gasteiger charge is 2.22. The topological polar surface area (TPSA) is 45.1 Å². The average Bonchev–Trinajstić information content (AvgIpc) is 2.59. The summed E-state index contributed by atoms with van der Waals surface area (Å²) in [5.74, 6) is 0. The lowest BCUT2D eigenvalue weighted by Gasteiger charge is -2.21. The molecule has 0 aromatic carbocycles. The Kier molecular flexibility index (Phi) is 7.15. The quantitative estimate of drug-likeness (QED) is 0.800. The van der Waals surface area contributed by atoms with E-state index < -0.39 is 0 Å². The van der Waals surface area contributed by atoms with Gasteiger partial charge in [-0.25, -0.2) is 4.79 Å². The number of nitrogens with zero attached hydrogens (tertiary/aromatic N) is 3. The summed E-state index contributed by atoms with van der Waals surface area (Å²) in [4.78, 5) is 20.4. The SMILES string of the molecule is C=C(C)N=C1CCCN(C(=O)OCCN(C)C)C/C1=C/C. The van der Waals surface area contributed by atoms with Crippen molar-refractivity contribution in [3.05, 3.63) is 23.9 Å². The number of aliphatic imine (C=N–C) groups is 1. The summed E-state index contributed by atoms with van der Waals surface area (Å²) in [6.45, 7) is 10.1. The molecule has 1 rings (SSSR count). The van der Waals surface area contributed by atoms with Crippen molar-refractivity contribution >= 4 is 11.8 Å². The second kappa shape index (κ2) is 8.62. The first kappa shape index (κ1) is 17.4. The Morgan fingerprint density at radius 1 is 1.52 bits per heavy atom. The lowest BCUT2D eigenvalue weighted by molar-refractivity contribution is 0.0996. The van der Waals surface area contributed by atoms with Crippen molar-refractivity contribution in [2.24, 2.45) is 4.99 Å². The van der Waals surface area contributed by atoms with Crippen molar-refractivity contribution in [1.29, 1.82) is 0 Å². The molecule has 21 heavy (non-hydrogen) atoms. The molecule has 5 heteroatoms. The van der Waals surface area contributed by atoms with Crippen LogP contribution < -0.4 is 0 Å². The van der Waals surface area contributed by atoms with Gasteiger partial charge in [-0.3, -0.25) is 4.99 Å². The number of hydrogen-bond donors (Lipinski definition) is 0. The van der Waals surface area contributed by atoms with E-state index in [4.69, 9.17) is 4.74 Å². The van der Waals surface area contributed by atoms with E-state index in [1.165, 1.54) is 0 Å². The molecule has 1 fully saturated rings. The predicted molar refractivity (Wildman–Crippen MR) is 86.7 cm³/mol. The largest absolute Gasteiger partial charge is 0.448 e. The number of ether oxygens (including phenoxy) is 1. The summed E-state index contributed by atoms with van der Waals surface area (Å²) in [6, 6.07) is 0. The average molecular weight is 293 g/mol. The summed E-state index contributed by atoms with van der Waals surface area (Å²) in [6.07, 6.45) is 3.54. The van der Waals surface area contributed by atoms with Crippen LogP contribution in [0.1, 0.15) is 26.7 Å². The molecule has 1 aliphatic rings. The number of carbonyl (C=O) groups excluding carboxylic acids is 1. The maximum absolute atomic E-state index is 12.1. The molecule has 0 saturated carbocycles.